The molecule has 1 aliphatic rings. The van der Waals surface area contributed by atoms with Gasteiger partial charge in [-0.3, -0.25) is 4.79 Å². The number of hydrogen-bond acceptors (Lipinski definition) is 7. The number of sulfone groups is 1. The van der Waals surface area contributed by atoms with Crippen LogP contribution in [0.4, 0.5) is 0 Å². The summed E-state index contributed by atoms with van der Waals surface area (Å²) in [5.74, 6) is -1.18. The van der Waals surface area contributed by atoms with Gasteiger partial charge in [0.2, 0.25) is 10.0 Å². The van der Waals surface area contributed by atoms with Crippen molar-refractivity contribution in [1.29, 1.82) is 0 Å². The Labute approximate surface area is 187 Å². The van der Waals surface area contributed by atoms with Crippen molar-refractivity contribution in [3.8, 4) is 0 Å². The van der Waals surface area contributed by atoms with E-state index in [1.54, 1.807) is 18.2 Å². The first-order chi connectivity index (χ1) is 15.0. The first-order valence-corrected chi connectivity index (χ1v) is 13.2. The molecule has 0 bridgehead atoms. The number of sulfonamides is 1. The summed E-state index contributed by atoms with van der Waals surface area (Å²) in [6.45, 7) is 2.07. The maximum Gasteiger partial charge on any atom is 0.338 e. The van der Waals surface area contributed by atoms with Crippen LogP contribution in [0.25, 0.3) is 0 Å². The van der Waals surface area contributed by atoms with Crippen LogP contribution in [-0.4, -0.2) is 76.5 Å². The molecule has 2 aromatic rings. The van der Waals surface area contributed by atoms with E-state index in [0.29, 0.717) is 0 Å². The first kappa shape index (κ1) is 23.9. The Balaban J connectivity index is 1.57. The summed E-state index contributed by atoms with van der Waals surface area (Å²) in [6, 6.07) is 13.3. The molecule has 11 heteroatoms. The zero-order valence-electron chi connectivity index (χ0n) is 17.7. The number of carbonyl (C=O) groups excluding carboxylic acids is 2. The lowest BCUT2D eigenvalue weighted by atomic mass is 10.2. The van der Waals surface area contributed by atoms with Gasteiger partial charge in [0.05, 0.1) is 15.4 Å². The van der Waals surface area contributed by atoms with E-state index in [1.807, 2.05) is 0 Å². The van der Waals surface area contributed by atoms with E-state index < -0.39 is 37.8 Å². The molecule has 1 unspecified atom stereocenters. The fraction of sp³-hybridized carbons (Fsp3) is 0.333. The molecule has 0 N–H and O–H groups in total. The molecule has 0 aliphatic carbocycles. The van der Waals surface area contributed by atoms with Crippen LogP contribution in [0.15, 0.2) is 64.4 Å². The third kappa shape index (κ3) is 5.34. The van der Waals surface area contributed by atoms with Crippen molar-refractivity contribution in [2.75, 3.05) is 32.4 Å². The predicted molar refractivity (Wildman–Crippen MR) is 116 cm³/mol. The van der Waals surface area contributed by atoms with E-state index in [0.717, 1.165) is 6.26 Å². The molecular weight excluding hydrogens is 456 g/mol. The Morgan fingerprint density at radius 2 is 1.41 bits per heavy atom. The lowest BCUT2D eigenvalue weighted by Crippen LogP contribution is -2.52. The minimum Gasteiger partial charge on any atom is -0.449 e. The second kappa shape index (κ2) is 9.39. The van der Waals surface area contributed by atoms with E-state index in [9.17, 15) is 26.4 Å². The average Bonchev–Trinajstić information content (AvgIpc) is 2.78. The van der Waals surface area contributed by atoms with Crippen LogP contribution >= 0.6 is 0 Å². The van der Waals surface area contributed by atoms with Crippen LogP contribution in [-0.2, 0) is 29.4 Å². The molecule has 0 spiro atoms. The van der Waals surface area contributed by atoms with Gasteiger partial charge < -0.3 is 9.64 Å². The molecule has 0 saturated carbocycles. The molecule has 0 radical (unpaired) electrons. The summed E-state index contributed by atoms with van der Waals surface area (Å²) in [6.07, 6.45) is -0.0132. The number of nitrogens with zero attached hydrogens (tertiary/aromatic N) is 2. The molecule has 1 aliphatic heterocycles. The van der Waals surface area contributed by atoms with Crippen molar-refractivity contribution >= 4 is 31.7 Å². The summed E-state index contributed by atoms with van der Waals surface area (Å²) in [4.78, 5) is 26.7. The van der Waals surface area contributed by atoms with Crippen molar-refractivity contribution in [2.45, 2.75) is 22.8 Å². The number of carbonyl (C=O) groups is 2. The van der Waals surface area contributed by atoms with E-state index in [2.05, 4.69) is 0 Å². The number of benzene rings is 2. The molecule has 1 heterocycles. The quantitative estimate of drug-likeness (QED) is 0.570. The summed E-state index contributed by atoms with van der Waals surface area (Å²) in [5, 5.41) is 0. The molecule has 32 heavy (non-hydrogen) atoms. The zero-order chi connectivity index (χ0) is 23.5. The van der Waals surface area contributed by atoms with E-state index in [1.165, 1.54) is 52.5 Å². The first-order valence-electron chi connectivity index (χ1n) is 9.85. The Kier molecular flexibility index (Phi) is 7.01. The summed E-state index contributed by atoms with van der Waals surface area (Å²) < 4.78 is 55.0. The standard InChI is InChI=1S/C21H24N2O7S2/c1-16(30-21(25)17-8-10-18(11-9-17)31(2,26)27)20(24)22-12-14-23(15-13-22)32(28,29)19-6-4-3-5-7-19/h3-11,16H,12-15H2,1-2H3. The predicted octanol–water partition coefficient (Wildman–Crippen LogP) is 1.17. The highest BCUT2D eigenvalue weighted by atomic mass is 32.2. The van der Waals surface area contributed by atoms with Crippen molar-refractivity contribution in [1.82, 2.24) is 9.21 Å². The minimum atomic E-state index is -3.63. The van der Waals surface area contributed by atoms with Crippen molar-refractivity contribution in [3.05, 3.63) is 60.2 Å². The monoisotopic (exact) mass is 480 g/mol. The van der Waals surface area contributed by atoms with Gasteiger partial charge in [0.25, 0.3) is 5.91 Å². The van der Waals surface area contributed by atoms with Crippen LogP contribution in [0.1, 0.15) is 17.3 Å². The number of hydrogen-bond donors (Lipinski definition) is 0. The molecule has 1 atom stereocenters. The summed E-state index contributed by atoms with van der Waals surface area (Å²) in [7, 11) is -7.02. The molecule has 0 aromatic heterocycles. The van der Waals surface area contributed by atoms with Gasteiger partial charge in [0, 0.05) is 32.4 Å². The van der Waals surface area contributed by atoms with Crippen molar-refractivity contribution in [3.63, 3.8) is 0 Å². The Hall–Kier alpha value is -2.76. The van der Waals surface area contributed by atoms with E-state index in [4.69, 9.17) is 4.74 Å². The van der Waals surface area contributed by atoms with E-state index in [-0.39, 0.29) is 41.5 Å². The van der Waals surface area contributed by atoms with Crippen LogP contribution in [0.5, 0.6) is 0 Å². The smallest absolute Gasteiger partial charge is 0.338 e. The number of piperazine rings is 1. The van der Waals surface area contributed by atoms with Crippen LogP contribution < -0.4 is 0 Å². The molecule has 1 amide bonds. The average molecular weight is 481 g/mol. The molecule has 1 fully saturated rings. The second-order valence-electron chi connectivity index (χ2n) is 7.39. The summed E-state index contributed by atoms with van der Waals surface area (Å²) >= 11 is 0. The maximum atomic E-state index is 12.7. The van der Waals surface area contributed by atoms with Crippen LogP contribution in [0, 0.1) is 0 Å². The van der Waals surface area contributed by atoms with Crippen LogP contribution in [0.3, 0.4) is 0 Å². The molecule has 1 saturated heterocycles. The molecule has 9 nitrogen and oxygen atoms in total. The number of amides is 1. The van der Waals surface area contributed by atoms with Gasteiger partial charge in [-0.05, 0) is 43.3 Å². The van der Waals surface area contributed by atoms with Gasteiger partial charge in [-0.2, -0.15) is 4.31 Å². The lowest BCUT2D eigenvalue weighted by Gasteiger charge is -2.35. The SMILES string of the molecule is CC(OC(=O)c1ccc(S(C)(=O)=O)cc1)C(=O)N1CCN(S(=O)(=O)c2ccccc2)CC1. The van der Waals surface area contributed by atoms with Crippen molar-refractivity contribution < 1.29 is 31.2 Å². The topological polar surface area (TPSA) is 118 Å². The Morgan fingerprint density at radius 1 is 0.844 bits per heavy atom. The lowest BCUT2D eigenvalue weighted by molar-refractivity contribution is -0.141. The normalized spacial score (nSPS) is 16.4. The Morgan fingerprint density at radius 3 is 1.94 bits per heavy atom. The summed E-state index contributed by atoms with van der Waals surface area (Å²) in [5.41, 5.74) is 0.121. The molecular formula is C21H24N2O7S2. The maximum absolute atomic E-state index is 12.7. The molecule has 172 valence electrons. The number of rotatable bonds is 6. The zero-order valence-corrected chi connectivity index (χ0v) is 19.3. The van der Waals surface area contributed by atoms with Crippen molar-refractivity contribution in [2.24, 2.45) is 0 Å². The Bertz CT molecular complexity index is 1190. The van der Waals surface area contributed by atoms with Gasteiger partial charge in [-0.15, -0.1) is 0 Å². The highest BCUT2D eigenvalue weighted by Gasteiger charge is 2.32. The second-order valence-corrected chi connectivity index (χ2v) is 11.3. The molecule has 2 aromatic carbocycles. The minimum absolute atomic E-state index is 0.0708. The van der Waals surface area contributed by atoms with Gasteiger partial charge in [-0.1, -0.05) is 18.2 Å². The van der Waals surface area contributed by atoms with Gasteiger partial charge in [-0.25, -0.2) is 21.6 Å². The highest BCUT2D eigenvalue weighted by Crippen LogP contribution is 2.18. The third-order valence-electron chi connectivity index (χ3n) is 5.08. The number of ether oxygens (including phenoxy) is 1. The number of esters is 1. The van der Waals surface area contributed by atoms with Gasteiger partial charge in [0.1, 0.15) is 0 Å². The van der Waals surface area contributed by atoms with Crippen LogP contribution in [0.2, 0.25) is 0 Å². The molecule has 3 rings (SSSR count). The fourth-order valence-electron chi connectivity index (χ4n) is 3.26. The van der Waals surface area contributed by atoms with Gasteiger partial charge >= 0.3 is 5.97 Å². The fourth-order valence-corrected chi connectivity index (χ4v) is 5.34. The largest absolute Gasteiger partial charge is 0.449 e. The van der Waals surface area contributed by atoms with E-state index >= 15 is 0 Å². The third-order valence-corrected chi connectivity index (χ3v) is 8.12. The highest BCUT2D eigenvalue weighted by molar-refractivity contribution is 7.90. The van der Waals surface area contributed by atoms with Gasteiger partial charge in [0.15, 0.2) is 15.9 Å².